The molecule has 1 amide bonds. The van der Waals surface area contributed by atoms with Crippen LogP contribution >= 0.6 is 23.2 Å². The second kappa shape index (κ2) is 6.33. The van der Waals surface area contributed by atoms with Crippen molar-refractivity contribution in [1.29, 1.82) is 0 Å². The van der Waals surface area contributed by atoms with Crippen molar-refractivity contribution < 1.29 is 9.21 Å². The molecular weight excluding hydrogens is 297 g/mol. The van der Waals surface area contributed by atoms with E-state index in [2.05, 4.69) is 5.32 Å². The van der Waals surface area contributed by atoms with E-state index in [1.54, 1.807) is 18.2 Å². The van der Waals surface area contributed by atoms with Gasteiger partial charge in [0.05, 0.1) is 6.42 Å². The van der Waals surface area contributed by atoms with E-state index in [4.69, 9.17) is 27.6 Å². The minimum atomic E-state index is -0.127. The Morgan fingerprint density at radius 2 is 1.90 bits per heavy atom. The minimum Gasteiger partial charge on any atom is -0.466 e. The molecule has 5 heteroatoms. The van der Waals surface area contributed by atoms with Crippen molar-refractivity contribution in [3.8, 4) is 0 Å². The summed E-state index contributed by atoms with van der Waals surface area (Å²) in [6.45, 7) is 4.19. The number of halogens is 2. The Balaban J connectivity index is 1.98. The van der Waals surface area contributed by atoms with E-state index in [9.17, 15) is 4.79 Å². The van der Waals surface area contributed by atoms with Gasteiger partial charge in [-0.1, -0.05) is 29.3 Å². The third-order valence-corrected chi connectivity index (χ3v) is 3.73. The number of carbonyl (C=O) groups is 1. The number of furan rings is 1. The summed E-state index contributed by atoms with van der Waals surface area (Å²) in [5.74, 6) is 1.53. The monoisotopic (exact) mass is 311 g/mol. The van der Waals surface area contributed by atoms with E-state index in [-0.39, 0.29) is 12.3 Å². The summed E-state index contributed by atoms with van der Waals surface area (Å²) in [7, 11) is 0. The van der Waals surface area contributed by atoms with Gasteiger partial charge >= 0.3 is 0 Å². The summed E-state index contributed by atoms with van der Waals surface area (Å²) in [5.41, 5.74) is 1.62. The van der Waals surface area contributed by atoms with Gasteiger partial charge in [-0.15, -0.1) is 0 Å². The van der Waals surface area contributed by atoms with Gasteiger partial charge in [0.25, 0.3) is 0 Å². The van der Waals surface area contributed by atoms with Crippen LogP contribution in [0.1, 0.15) is 22.6 Å². The van der Waals surface area contributed by atoms with Crippen molar-refractivity contribution in [3.63, 3.8) is 0 Å². The molecule has 1 aromatic carbocycles. The van der Waals surface area contributed by atoms with Gasteiger partial charge in [0, 0.05) is 22.2 Å². The lowest BCUT2D eigenvalue weighted by molar-refractivity contribution is -0.120. The Labute approximate surface area is 127 Å². The maximum absolute atomic E-state index is 11.9. The highest BCUT2D eigenvalue weighted by Crippen LogP contribution is 2.24. The normalized spacial score (nSPS) is 10.6. The van der Waals surface area contributed by atoms with Crippen LogP contribution in [0.5, 0.6) is 0 Å². The van der Waals surface area contributed by atoms with Crippen LogP contribution in [0.15, 0.2) is 28.7 Å². The number of amides is 1. The molecule has 3 nitrogen and oxygen atoms in total. The highest BCUT2D eigenvalue weighted by Gasteiger charge is 2.11. The summed E-state index contributed by atoms with van der Waals surface area (Å²) in [4.78, 5) is 11.9. The van der Waals surface area contributed by atoms with E-state index >= 15 is 0 Å². The van der Waals surface area contributed by atoms with Crippen molar-refractivity contribution in [2.75, 3.05) is 0 Å². The molecule has 2 aromatic rings. The molecule has 0 saturated heterocycles. The third-order valence-electron chi connectivity index (χ3n) is 3.02. The van der Waals surface area contributed by atoms with Crippen molar-refractivity contribution in [2.45, 2.75) is 26.8 Å². The number of benzene rings is 1. The Bertz CT molecular complexity index is 615. The molecule has 0 bridgehead atoms. The highest BCUT2D eigenvalue weighted by molar-refractivity contribution is 6.36. The fraction of sp³-hybridized carbons (Fsp3) is 0.267. The maximum atomic E-state index is 11.9. The minimum absolute atomic E-state index is 0.127. The van der Waals surface area contributed by atoms with E-state index in [1.807, 2.05) is 19.9 Å². The molecule has 20 heavy (non-hydrogen) atoms. The molecule has 0 aliphatic carbocycles. The summed E-state index contributed by atoms with van der Waals surface area (Å²) in [6, 6.07) is 7.11. The zero-order valence-corrected chi connectivity index (χ0v) is 12.8. The molecule has 106 valence electrons. The molecule has 1 aromatic heterocycles. The molecule has 2 rings (SSSR count). The van der Waals surface area contributed by atoms with Gasteiger partial charge in [0.2, 0.25) is 5.91 Å². The molecule has 0 aliphatic rings. The van der Waals surface area contributed by atoms with Crippen LogP contribution in [0.3, 0.4) is 0 Å². The van der Waals surface area contributed by atoms with E-state index in [0.29, 0.717) is 22.2 Å². The molecule has 0 aliphatic heterocycles. The fourth-order valence-corrected chi connectivity index (χ4v) is 2.51. The summed E-state index contributed by atoms with van der Waals surface area (Å²) in [5, 5.41) is 3.85. The first-order valence-electron chi connectivity index (χ1n) is 6.23. The predicted molar refractivity (Wildman–Crippen MR) is 80.2 cm³/mol. The lowest BCUT2D eigenvalue weighted by atomic mass is 10.1. The molecule has 0 fully saturated rings. The number of hydrogen-bond donors (Lipinski definition) is 1. The summed E-state index contributed by atoms with van der Waals surface area (Å²) in [6.07, 6.45) is 0.161. The fourth-order valence-electron chi connectivity index (χ4n) is 1.98. The molecule has 0 spiro atoms. The van der Waals surface area contributed by atoms with Crippen LogP contribution in [-0.4, -0.2) is 5.91 Å². The largest absolute Gasteiger partial charge is 0.466 e. The van der Waals surface area contributed by atoms with Crippen molar-refractivity contribution in [1.82, 2.24) is 5.32 Å². The van der Waals surface area contributed by atoms with Crippen LogP contribution in [-0.2, 0) is 17.8 Å². The Morgan fingerprint density at radius 1 is 1.25 bits per heavy atom. The summed E-state index contributed by atoms with van der Waals surface area (Å²) < 4.78 is 5.41. The predicted octanol–water partition coefficient (Wildman–Crippen LogP) is 4.06. The first-order valence-corrected chi connectivity index (χ1v) is 6.98. The number of rotatable bonds is 4. The Morgan fingerprint density at radius 3 is 2.45 bits per heavy atom. The molecule has 0 unspecified atom stereocenters. The summed E-state index contributed by atoms with van der Waals surface area (Å²) >= 11 is 12.1. The molecule has 1 N–H and O–H groups in total. The number of hydrogen-bond acceptors (Lipinski definition) is 2. The van der Waals surface area contributed by atoms with Gasteiger partial charge in [-0.25, -0.2) is 0 Å². The van der Waals surface area contributed by atoms with Crippen LogP contribution in [0, 0.1) is 13.8 Å². The smallest absolute Gasteiger partial charge is 0.224 e. The average molecular weight is 312 g/mol. The number of nitrogens with one attached hydrogen (secondary N) is 1. The van der Waals surface area contributed by atoms with E-state index in [0.717, 1.165) is 17.1 Å². The zero-order chi connectivity index (χ0) is 14.7. The topological polar surface area (TPSA) is 42.2 Å². The zero-order valence-electron chi connectivity index (χ0n) is 11.3. The second-order valence-corrected chi connectivity index (χ2v) is 5.41. The van der Waals surface area contributed by atoms with Crippen molar-refractivity contribution in [2.24, 2.45) is 0 Å². The van der Waals surface area contributed by atoms with Crippen LogP contribution < -0.4 is 5.32 Å². The maximum Gasteiger partial charge on any atom is 0.224 e. The van der Waals surface area contributed by atoms with Crippen molar-refractivity contribution in [3.05, 3.63) is 57.0 Å². The number of carbonyl (C=O) groups excluding carboxylic acids is 1. The first-order chi connectivity index (χ1) is 9.47. The third kappa shape index (κ3) is 3.56. The van der Waals surface area contributed by atoms with Crippen molar-refractivity contribution >= 4 is 29.1 Å². The van der Waals surface area contributed by atoms with Gasteiger partial charge in [-0.2, -0.15) is 0 Å². The van der Waals surface area contributed by atoms with Crippen LogP contribution in [0.25, 0.3) is 0 Å². The molecule has 0 atom stereocenters. The van der Waals surface area contributed by atoms with Crippen LogP contribution in [0.4, 0.5) is 0 Å². The molecule has 0 saturated carbocycles. The lowest BCUT2D eigenvalue weighted by Gasteiger charge is -2.07. The van der Waals surface area contributed by atoms with Gasteiger partial charge in [-0.3, -0.25) is 4.79 Å². The molecule has 0 radical (unpaired) electrons. The lowest BCUT2D eigenvalue weighted by Crippen LogP contribution is -2.24. The number of aryl methyl sites for hydroxylation is 2. The molecule has 1 heterocycles. The molecular formula is C15H15Cl2NO2. The van der Waals surface area contributed by atoms with Gasteiger partial charge in [0.1, 0.15) is 11.5 Å². The quantitative estimate of drug-likeness (QED) is 0.925. The standard InChI is InChI=1S/C15H15Cl2NO2/c1-9-6-11(10(2)20-9)8-18-15(19)7-12-13(16)4-3-5-14(12)17/h3-6H,7-8H2,1-2H3,(H,18,19). The highest BCUT2D eigenvalue weighted by atomic mass is 35.5. The van der Waals surface area contributed by atoms with Gasteiger partial charge in [0.15, 0.2) is 0 Å². The van der Waals surface area contributed by atoms with E-state index in [1.165, 1.54) is 0 Å². The van der Waals surface area contributed by atoms with Gasteiger partial charge < -0.3 is 9.73 Å². The van der Waals surface area contributed by atoms with Crippen LogP contribution in [0.2, 0.25) is 10.0 Å². The SMILES string of the molecule is Cc1cc(CNC(=O)Cc2c(Cl)cccc2Cl)c(C)o1. The first kappa shape index (κ1) is 14.9. The second-order valence-electron chi connectivity index (χ2n) is 4.59. The van der Waals surface area contributed by atoms with Gasteiger partial charge in [-0.05, 0) is 37.6 Å². The Hall–Kier alpha value is -1.45. The van der Waals surface area contributed by atoms with E-state index < -0.39 is 0 Å². The Kier molecular flexibility index (Phi) is 4.73. The average Bonchev–Trinajstić information content (AvgIpc) is 2.70.